The number of halogens is 3. The second-order valence-corrected chi connectivity index (χ2v) is 10.3. The first-order valence-corrected chi connectivity index (χ1v) is 12.1. The lowest BCUT2D eigenvalue weighted by molar-refractivity contribution is -0.137. The van der Waals surface area contributed by atoms with Crippen LogP contribution in [0.5, 0.6) is 0 Å². The molecular weight excluding hydrogens is 419 g/mol. The zero-order chi connectivity index (χ0) is 22.0. The van der Waals surface area contributed by atoms with Gasteiger partial charge in [0.05, 0.1) is 24.5 Å². The van der Waals surface area contributed by atoms with Gasteiger partial charge >= 0.3 is 6.18 Å². The fourth-order valence-electron chi connectivity index (χ4n) is 3.71. The Hall–Kier alpha value is -1.81. The van der Waals surface area contributed by atoms with E-state index in [4.69, 9.17) is 4.74 Å². The number of hydrogen-bond donors (Lipinski definition) is 1. The first-order chi connectivity index (χ1) is 14.0. The van der Waals surface area contributed by atoms with Gasteiger partial charge in [-0.2, -0.15) is 13.2 Å². The van der Waals surface area contributed by atoms with E-state index in [9.17, 15) is 21.6 Å². The molecule has 10 heteroatoms. The molecule has 1 saturated carbocycles. The smallest absolute Gasteiger partial charge is 0.370 e. The number of nitrogens with zero attached hydrogens (tertiary/aromatic N) is 2. The predicted octanol–water partition coefficient (Wildman–Crippen LogP) is 2.87. The average Bonchev–Trinajstić information content (AvgIpc) is 3.42. The van der Waals surface area contributed by atoms with Crippen molar-refractivity contribution in [2.24, 2.45) is 10.4 Å². The molecule has 3 rings (SSSR count). The third kappa shape index (κ3) is 6.10. The van der Waals surface area contributed by atoms with Crippen LogP contribution in [-0.4, -0.2) is 64.1 Å². The maximum atomic E-state index is 13.1. The quantitative estimate of drug-likeness (QED) is 0.536. The maximum Gasteiger partial charge on any atom is 0.416 e. The minimum Gasteiger partial charge on any atom is -0.370 e. The van der Waals surface area contributed by atoms with Gasteiger partial charge in [-0.3, -0.25) is 4.99 Å². The molecule has 1 aromatic rings. The molecule has 1 atom stereocenters. The number of nitrogens with one attached hydrogen (secondary N) is 1. The van der Waals surface area contributed by atoms with Crippen molar-refractivity contribution in [1.82, 2.24) is 10.2 Å². The molecule has 1 unspecified atom stereocenters. The second-order valence-electron chi connectivity index (χ2n) is 8.17. The monoisotopic (exact) mass is 447 g/mol. The lowest BCUT2D eigenvalue weighted by Crippen LogP contribution is -2.48. The average molecular weight is 448 g/mol. The molecule has 2 fully saturated rings. The molecule has 168 valence electrons. The van der Waals surface area contributed by atoms with Crippen LogP contribution in [0, 0.1) is 5.41 Å². The summed E-state index contributed by atoms with van der Waals surface area (Å²) in [6.07, 6.45) is -2.00. The summed E-state index contributed by atoms with van der Waals surface area (Å²) in [5, 5.41) is 3.21. The van der Waals surface area contributed by atoms with Crippen molar-refractivity contribution in [3.63, 3.8) is 0 Å². The van der Waals surface area contributed by atoms with E-state index in [-0.39, 0.29) is 11.2 Å². The molecule has 1 N–H and O–H groups in total. The zero-order valence-corrected chi connectivity index (χ0v) is 18.0. The Morgan fingerprint density at radius 3 is 2.70 bits per heavy atom. The normalized spacial score (nSPS) is 22.1. The lowest BCUT2D eigenvalue weighted by Gasteiger charge is -2.35. The minimum absolute atomic E-state index is 0.124. The molecule has 1 aliphatic carbocycles. The van der Waals surface area contributed by atoms with Crippen molar-refractivity contribution in [2.75, 3.05) is 44.8 Å². The third-order valence-electron chi connectivity index (χ3n) is 5.38. The molecule has 30 heavy (non-hydrogen) atoms. The standard InChI is InChI=1S/C20H28F3N3O3S/c1-3-24-18(25-13-19(7-8-19)14-30(2,27)28)26-9-10-29-17(12-26)15-5-4-6-16(11-15)20(21,22)23/h4-6,11,17H,3,7-10,12-14H2,1-2H3,(H,24,25). The number of morpholine rings is 1. The Bertz CT molecular complexity index is 883. The SMILES string of the molecule is CCNC(=NCC1(CS(C)(=O)=O)CC1)N1CCOC(c2cccc(C(F)(F)F)c2)C1. The number of rotatable bonds is 6. The molecule has 0 radical (unpaired) electrons. The first-order valence-electron chi connectivity index (χ1n) is 10.0. The van der Waals surface area contributed by atoms with Gasteiger partial charge in [-0.05, 0) is 37.5 Å². The van der Waals surface area contributed by atoms with Crippen molar-refractivity contribution in [3.8, 4) is 0 Å². The van der Waals surface area contributed by atoms with E-state index in [0.29, 0.717) is 44.3 Å². The topological polar surface area (TPSA) is 71.0 Å². The van der Waals surface area contributed by atoms with E-state index < -0.39 is 27.7 Å². The molecule has 1 saturated heterocycles. The molecule has 0 aromatic heterocycles. The molecule has 1 heterocycles. The van der Waals surface area contributed by atoms with Crippen molar-refractivity contribution in [3.05, 3.63) is 35.4 Å². The highest BCUT2D eigenvalue weighted by molar-refractivity contribution is 7.90. The molecule has 1 aliphatic heterocycles. The number of aliphatic imine (C=N–C) groups is 1. The van der Waals surface area contributed by atoms with Crippen LogP contribution in [0.2, 0.25) is 0 Å². The molecule has 0 amide bonds. The largest absolute Gasteiger partial charge is 0.416 e. The van der Waals surface area contributed by atoms with Crippen LogP contribution < -0.4 is 5.32 Å². The lowest BCUT2D eigenvalue weighted by atomic mass is 10.0. The van der Waals surface area contributed by atoms with Gasteiger partial charge in [0.25, 0.3) is 0 Å². The molecular formula is C20H28F3N3O3S. The highest BCUT2D eigenvalue weighted by Crippen LogP contribution is 2.47. The Morgan fingerprint density at radius 1 is 1.37 bits per heavy atom. The van der Waals surface area contributed by atoms with Gasteiger partial charge in [0.1, 0.15) is 15.9 Å². The van der Waals surface area contributed by atoms with Gasteiger partial charge in [0, 0.05) is 31.3 Å². The maximum absolute atomic E-state index is 13.1. The Balaban J connectivity index is 1.73. The van der Waals surface area contributed by atoms with Crippen molar-refractivity contribution in [1.29, 1.82) is 0 Å². The molecule has 2 aliphatic rings. The van der Waals surface area contributed by atoms with Gasteiger partial charge < -0.3 is 15.0 Å². The first kappa shape index (κ1) is 22.9. The molecule has 0 bridgehead atoms. The van der Waals surface area contributed by atoms with Crippen LogP contribution in [0.1, 0.15) is 37.0 Å². The fourth-order valence-corrected chi connectivity index (χ4v) is 5.20. The van der Waals surface area contributed by atoms with Crippen LogP contribution in [0.25, 0.3) is 0 Å². The van der Waals surface area contributed by atoms with Crippen molar-refractivity contribution >= 4 is 15.8 Å². The summed E-state index contributed by atoms with van der Waals surface area (Å²) in [5.41, 5.74) is -0.514. The van der Waals surface area contributed by atoms with Crippen molar-refractivity contribution < 1.29 is 26.3 Å². The van der Waals surface area contributed by atoms with E-state index in [1.165, 1.54) is 12.3 Å². The second kappa shape index (κ2) is 8.74. The van der Waals surface area contributed by atoms with E-state index in [1.54, 1.807) is 6.07 Å². The number of hydrogen-bond acceptors (Lipinski definition) is 4. The fraction of sp³-hybridized carbons (Fsp3) is 0.650. The highest BCUT2D eigenvalue weighted by Gasteiger charge is 2.45. The summed E-state index contributed by atoms with van der Waals surface area (Å²) in [6.45, 7) is 4.26. The predicted molar refractivity (Wildman–Crippen MR) is 109 cm³/mol. The Morgan fingerprint density at radius 2 is 2.10 bits per heavy atom. The zero-order valence-electron chi connectivity index (χ0n) is 17.2. The van der Waals surface area contributed by atoms with Gasteiger partial charge in [-0.1, -0.05) is 12.1 Å². The van der Waals surface area contributed by atoms with Crippen molar-refractivity contribution in [2.45, 2.75) is 32.0 Å². The summed E-state index contributed by atoms with van der Waals surface area (Å²) in [7, 11) is -3.08. The third-order valence-corrected chi connectivity index (χ3v) is 6.51. The summed E-state index contributed by atoms with van der Waals surface area (Å²) in [6, 6.07) is 5.20. The molecule has 1 aromatic carbocycles. The summed E-state index contributed by atoms with van der Waals surface area (Å²) >= 11 is 0. The summed E-state index contributed by atoms with van der Waals surface area (Å²) in [4.78, 5) is 6.64. The minimum atomic E-state index is -4.40. The van der Waals surface area contributed by atoms with Gasteiger partial charge in [0.15, 0.2) is 5.96 Å². The van der Waals surface area contributed by atoms with Gasteiger partial charge in [0.2, 0.25) is 0 Å². The van der Waals surface area contributed by atoms with Crippen LogP contribution in [0.15, 0.2) is 29.3 Å². The number of benzene rings is 1. The van der Waals surface area contributed by atoms with E-state index in [1.807, 2.05) is 11.8 Å². The summed E-state index contributed by atoms with van der Waals surface area (Å²) in [5.74, 6) is 0.761. The van der Waals surface area contributed by atoms with Crippen LogP contribution in [0.3, 0.4) is 0 Å². The Labute approximate surface area is 175 Å². The van der Waals surface area contributed by atoms with E-state index >= 15 is 0 Å². The van der Waals surface area contributed by atoms with E-state index in [2.05, 4.69) is 10.3 Å². The van der Waals surface area contributed by atoms with Gasteiger partial charge in [-0.25, -0.2) is 8.42 Å². The van der Waals surface area contributed by atoms with Gasteiger partial charge in [-0.15, -0.1) is 0 Å². The molecule has 6 nitrogen and oxygen atoms in total. The van der Waals surface area contributed by atoms with Crippen LogP contribution >= 0.6 is 0 Å². The van der Waals surface area contributed by atoms with E-state index in [0.717, 1.165) is 25.0 Å². The summed E-state index contributed by atoms with van der Waals surface area (Å²) < 4.78 is 68.3. The number of guanidine groups is 1. The number of alkyl halides is 3. The highest BCUT2D eigenvalue weighted by atomic mass is 32.2. The Kier molecular flexibility index (Phi) is 6.66. The van der Waals surface area contributed by atoms with Crippen LogP contribution in [0.4, 0.5) is 13.2 Å². The number of sulfone groups is 1. The molecule has 0 spiro atoms. The number of ether oxygens (including phenoxy) is 1. The van der Waals surface area contributed by atoms with Crippen LogP contribution in [-0.2, 0) is 20.8 Å².